The Hall–Kier alpha value is -2.93. The molecule has 2 aromatic carbocycles. The molecule has 0 N–H and O–H groups in total. The lowest BCUT2D eigenvalue weighted by molar-refractivity contribution is -0.121. The summed E-state index contributed by atoms with van der Waals surface area (Å²) < 4.78 is 16.1. The van der Waals surface area contributed by atoms with Crippen LogP contribution in [0.5, 0.6) is 17.2 Å². The average molecular weight is 398 g/mol. The summed E-state index contributed by atoms with van der Waals surface area (Å²) in [4.78, 5) is 19.5. The summed E-state index contributed by atoms with van der Waals surface area (Å²) in [6, 6.07) is 11.4. The molecule has 0 saturated carbocycles. The molecule has 0 spiro atoms. The number of para-hydroxylation sites is 1. The quantitative estimate of drug-likeness (QED) is 0.705. The van der Waals surface area contributed by atoms with E-state index in [-0.39, 0.29) is 5.91 Å². The summed E-state index contributed by atoms with van der Waals surface area (Å²) in [6.07, 6.45) is 1.80. The molecule has 146 valence electrons. The maximum atomic E-state index is 12.7. The van der Waals surface area contributed by atoms with Crippen molar-refractivity contribution in [3.05, 3.63) is 52.4 Å². The van der Waals surface area contributed by atoms with Crippen LogP contribution in [0.25, 0.3) is 6.08 Å². The van der Waals surface area contributed by atoms with Crippen LogP contribution in [-0.2, 0) is 4.79 Å². The largest absolute Gasteiger partial charge is 0.493 e. The first-order valence-electron chi connectivity index (χ1n) is 8.60. The number of hydrogen-bond acceptors (Lipinski definition) is 6. The Morgan fingerprint density at radius 1 is 1.04 bits per heavy atom. The zero-order valence-corrected chi connectivity index (χ0v) is 17.3. The van der Waals surface area contributed by atoms with Gasteiger partial charge in [-0.2, -0.15) is 0 Å². The second kappa shape index (κ2) is 8.39. The summed E-state index contributed by atoms with van der Waals surface area (Å²) in [7, 11) is 6.40. The standard InChI is InChI=1S/C21H22N2O4S/c1-13-8-6-7-9-15(13)22-21-23(2)20(24)18(28-21)12-14-10-16(25-3)19(27-5)17(11-14)26-4/h6-12H,1-5H3/b18-12+,22-21?. The first-order chi connectivity index (χ1) is 13.5. The lowest BCUT2D eigenvalue weighted by Crippen LogP contribution is -2.23. The van der Waals surface area contributed by atoms with Gasteiger partial charge in [-0.25, -0.2) is 4.99 Å². The van der Waals surface area contributed by atoms with E-state index >= 15 is 0 Å². The number of hydrogen-bond donors (Lipinski definition) is 0. The molecule has 2 aromatic rings. The van der Waals surface area contributed by atoms with E-state index in [1.54, 1.807) is 51.5 Å². The second-order valence-corrected chi connectivity index (χ2v) is 7.12. The summed E-state index contributed by atoms with van der Waals surface area (Å²) in [5.74, 6) is 1.47. The van der Waals surface area contributed by atoms with Crippen molar-refractivity contribution in [1.29, 1.82) is 0 Å². The molecule has 1 aliphatic heterocycles. The van der Waals surface area contributed by atoms with Gasteiger partial charge in [-0.3, -0.25) is 9.69 Å². The molecule has 1 saturated heterocycles. The summed E-state index contributed by atoms with van der Waals surface area (Å²) in [5.41, 5.74) is 2.67. The number of methoxy groups -OCH3 is 3. The molecule has 1 fully saturated rings. The highest BCUT2D eigenvalue weighted by atomic mass is 32.2. The van der Waals surface area contributed by atoms with E-state index in [9.17, 15) is 4.79 Å². The fourth-order valence-electron chi connectivity index (χ4n) is 2.78. The number of amidine groups is 1. The molecule has 0 bridgehead atoms. The number of aryl methyl sites for hydroxylation is 1. The third-order valence-electron chi connectivity index (χ3n) is 4.32. The van der Waals surface area contributed by atoms with Crippen molar-refractivity contribution in [3.63, 3.8) is 0 Å². The maximum Gasteiger partial charge on any atom is 0.266 e. The third-order valence-corrected chi connectivity index (χ3v) is 5.38. The van der Waals surface area contributed by atoms with Gasteiger partial charge in [0.2, 0.25) is 5.75 Å². The van der Waals surface area contributed by atoms with Gasteiger partial charge in [0.1, 0.15) is 0 Å². The van der Waals surface area contributed by atoms with Gasteiger partial charge >= 0.3 is 0 Å². The van der Waals surface area contributed by atoms with Crippen LogP contribution >= 0.6 is 11.8 Å². The molecule has 1 heterocycles. The molecule has 3 rings (SSSR count). The summed E-state index contributed by atoms with van der Waals surface area (Å²) in [6.45, 7) is 1.99. The minimum Gasteiger partial charge on any atom is -0.493 e. The Kier molecular flexibility index (Phi) is 5.94. The number of benzene rings is 2. The number of likely N-dealkylation sites (N-methyl/N-ethyl adjacent to an activating group) is 1. The highest BCUT2D eigenvalue weighted by Crippen LogP contribution is 2.40. The van der Waals surface area contributed by atoms with Crippen molar-refractivity contribution >= 4 is 34.6 Å². The monoisotopic (exact) mass is 398 g/mol. The SMILES string of the molecule is COc1cc(/C=C2/SC(=Nc3ccccc3C)N(C)C2=O)cc(OC)c1OC. The number of amides is 1. The number of aliphatic imine (C=N–C) groups is 1. The zero-order chi connectivity index (χ0) is 20.3. The number of ether oxygens (including phenoxy) is 3. The lowest BCUT2D eigenvalue weighted by atomic mass is 10.1. The van der Waals surface area contributed by atoms with E-state index < -0.39 is 0 Å². The van der Waals surface area contributed by atoms with Gasteiger partial charge in [0, 0.05) is 7.05 Å². The van der Waals surface area contributed by atoms with Gasteiger partial charge in [-0.1, -0.05) is 18.2 Å². The molecular weight excluding hydrogens is 376 g/mol. The number of nitrogens with zero attached hydrogens (tertiary/aromatic N) is 2. The van der Waals surface area contributed by atoms with Crippen molar-refractivity contribution in [2.45, 2.75) is 6.92 Å². The predicted octanol–water partition coefficient (Wildman–Crippen LogP) is 4.25. The van der Waals surface area contributed by atoms with Crippen LogP contribution in [-0.4, -0.2) is 44.4 Å². The topological polar surface area (TPSA) is 60.4 Å². The van der Waals surface area contributed by atoms with Crippen LogP contribution in [0.1, 0.15) is 11.1 Å². The molecule has 7 heteroatoms. The molecule has 0 atom stereocenters. The molecule has 0 aliphatic carbocycles. The fourth-order valence-corrected chi connectivity index (χ4v) is 3.76. The van der Waals surface area contributed by atoms with Crippen LogP contribution in [0.2, 0.25) is 0 Å². The molecular formula is C21H22N2O4S. The maximum absolute atomic E-state index is 12.7. The van der Waals surface area contributed by atoms with Crippen molar-refractivity contribution < 1.29 is 19.0 Å². The molecule has 28 heavy (non-hydrogen) atoms. The Morgan fingerprint density at radius 3 is 2.25 bits per heavy atom. The van der Waals surface area contributed by atoms with Crippen LogP contribution in [0.3, 0.4) is 0 Å². The average Bonchev–Trinajstić information content (AvgIpc) is 2.96. The van der Waals surface area contributed by atoms with Crippen LogP contribution in [0.15, 0.2) is 46.3 Å². The van der Waals surface area contributed by atoms with Gasteiger partial charge in [-0.05, 0) is 54.1 Å². The molecule has 0 aromatic heterocycles. The minimum absolute atomic E-state index is 0.105. The van der Waals surface area contributed by atoms with E-state index in [1.165, 1.54) is 11.8 Å². The van der Waals surface area contributed by atoms with E-state index in [1.807, 2.05) is 31.2 Å². The Labute approximate surface area is 168 Å². The highest BCUT2D eigenvalue weighted by Gasteiger charge is 2.30. The Balaban J connectivity index is 1.97. The van der Waals surface area contributed by atoms with Crippen LogP contribution in [0.4, 0.5) is 5.69 Å². The summed E-state index contributed by atoms with van der Waals surface area (Å²) >= 11 is 1.34. The molecule has 0 radical (unpaired) electrons. The zero-order valence-electron chi connectivity index (χ0n) is 16.5. The Morgan fingerprint density at radius 2 is 1.68 bits per heavy atom. The van der Waals surface area contributed by atoms with Gasteiger partial charge in [0.05, 0.1) is 31.9 Å². The van der Waals surface area contributed by atoms with Crippen molar-refractivity contribution in [2.24, 2.45) is 4.99 Å². The normalized spacial score (nSPS) is 16.8. The molecule has 0 unspecified atom stereocenters. The van der Waals surface area contributed by atoms with E-state index in [0.29, 0.717) is 27.3 Å². The smallest absolute Gasteiger partial charge is 0.266 e. The highest BCUT2D eigenvalue weighted by molar-refractivity contribution is 8.18. The second-order valence-electron chi connectivity index (χ2n) is 6.11. The van der Waals surface area contributed by atoms with Crippen molar-refractivity contribution in [2.75, 3.05) is 28.4 Å². The van der Waals surface area contributed by atoms with E-state index in [4.69, 9.17) is 14.2 Å². The predicted molar refractivity (Wildman–Crippen MR) is 113 cm³/mol. The minimum atomic E-state index is -0.105. The number of carbonyl (C=O) groups excluding carboxylic acids is 1. The molecule has 6 nitrogen and oxygen atoms in total. The third kappa shape index (κ3) is 3.84. The van der Waals surface area contributed by atoms with Gasteiger partial charge in [-0.15, -0.1) is 0 Å². The van der Waals surface area contributed by atoms with Gasteiger partial charge < -0.3 is 14.2 Å². The first kappa shape index (κ1) is 19.8. The summed E-state index contributed by atoms with van der Waals surface area (Å²) in [5, 5.41) is 0.637. The van der Waals surface area contributed by atoms with E-state index in [2.05, 4.69) is 4.99 Å². The molecule has 1 amide bonds. The van der Waals surface area contributed by atoms with Crippen molar-refractivity contribution in [1.82, 2.24) is 4.90 Å². The number of thioether (sulfide) groups is 1. The van der Waals surface area contributed by atoms with Crippen molar-refractivity contribution in [3.8, 4) is 17.2 Å². The van der Waals surface area contributed by atoms with Crippen LogP contribution in [0, 0.1) is 6.92 Å². The molecule has 1 aliphatic rings. The van der Waals surface area contributed by atoms with Gasteiger partial charge in [0.15, 0.2) is 16.7 Å². The Bertz CT molecular complexity index is 944. The van der Waals surface area contributed by atoms with E-state index in [0.717, 1.165) is 16.8 Å². The number of rotatable bonds is 5. The lowest BCUT2D eigenvalue weighted by Gasteiger charge is -2.13. The number of carbonyl (C=O) groups is 1. The first-order valence-corrected chi connectivity index (χ1v) is 9.42. The van der Waals surface area contributed by atoms with Gasteiger partial charge in [0.25, 0.3) is 5.91 Å². The van der Waals surface area contributed by atoms with Crippen LogP contribution < -0.4 is 14.2 Å². The fraction of sp³-hybridized carbons (Fsp3) is 0.238.